The molecule has 0 aliphatic carbocycles. The van der Waals surface area contributed by atoms with Crippen molar-refractivity contribution >= 4 is 39.4 Å². The minimum absolute atomic E-state index is 2.99. The van der Waals surface area contributed by atoms with Crippen LogP contribution in [0.4, 0.5) is 0 Å². The molecule has 0 saturated carbocycles. The molecule has 0 amide bonds. The zero-order valence-electron chi connectivity index (χ0n) is 1.96. The van der Waals surface area contributed by atoms with Gasteiger partial charge in [0.25, 0.3) is 0 Å². The van der Waals surface area contributed by atoms with Gasteiger partial charge in [0.05, 0.1) is 0 Å². The zero-order valence-corrected chi connectivity index (χ0v) is 6.38. The van der Waals surface area contributed by atoms with E-state index in [9.17, 15) is 0 Å². The number of hydrogen-bond acceptors (Lipinski definition) is 0. The van der Waals surface area contributed by atoms with Crippen molar-refractivity contribution in [1.29, 1.82) is 0 Å². The second-order valence-corrected chi connectivity index (χ2v) is 14.2. The zero-order chi connectivity index (χ0) is 4.50. The maximum absolute atomic E-state index is 5.00. The molecular formula is Cl4V-. The molecule has 34 valence electrons. The molecule has 0 atom stereocenters. The van der Waals surface area contributed by atoms with Gasteiger partial charge in [-0.2, -0.15) is 0 Å². The van der Waals surface area contributed by atoms with Crippen LogP contribution in [-0.4, -0.2) is 0 Å². The first-order valence-corrected chi connectivity index (χ1v) is 8.36. The predicted octanol–water partition coefficient (Wildman–Crippen LogP) is 2.76. The third kappa shape index (κ3) is 26.5. The number of rotatable bonds is 0. The van der Waals surface area contributed by atoms with Crippen molar-refractivity contribution in [1.82, 2.24) is 0 Å². The van der Waals surface area contributed by atoms with Gasteiger partial charge < -0.3 is 0 Å². The van der Waals surface area contributed by atoms with Crippen molar-refractivity contribution in [2.75, 3.05) is 0 Å². The maximum atomic E-state index is 5.00. The molecule has 0 saturated heterocycles. The molecule has 0 nitrogen and oxygen atoms in total. The summed E-state index contributed by atoms with van der Waals surface area (Å²) < 4.78 is 0. The summed E-state index contributed by atoms with van der Waals surface area (Å²) in [6.07, 6.45) is 0. The topological polar surface area (TPSA) is 0 Å². The molecule has 0 spiro atoms. The van der Waals surface area contributed by atoms with Gasteiger partial charge >= 0.3 is 49.6 Å². The molecule has 0 aromatic heterocycles. The van der Waals surface area contributed by atoms with Crippen LogP contribution in [0.3, 0.4) is 0 Å². The van der Waals surface area contributed by atoms with E-state index in [2.05, 4.69) is 0 Å². The third-order valence-corrected chi connectivity index (χ3v) is 0. The molecule has 0 bridgehead atoms. The average Bonchev–Trinajstić information content (AvgIpc) is 0.722. The summed E-state index contributed by atoms with van der Waals surface area (Å²) in [7, 11) is 17.0. The summed E-state index contributed by atoms with van der Waals surface area (Å²) in [6, 6.07) is 0. The van der Waals surface area contributed by atoms with Crippen LogP contribution in [0.25, 0.3) is 0 Å². The fraction of sp³-hybridized carbons (Fsp3) is 0. The van der Waals surface area contributed by atoms with Gasteiger partial charge in [-0.3, -0.25) is 0 Å². The van der Waals surface area contributed by atoms with Gasteiger partial charge in [-0.15, -0.1) is 0 Å². The van der Waals surface area contributed by atoms with Crippen LogP contribution < -0.4 is 0 Å². The van der Waals surface area contributed by atoms with Crippen LogP contribution in [0.2, 0.25) is 0 Å². The molecule has 5 heavy (non-hydrogen) atoms. The van der Waals surface area contributed by atoms with Crippen LogP contribution in [0, 0.1) is 0 Å². The SMILES string of the molecule is [Cl][V-]([Cl])([Cl])[Cl]. The van der Waals surface area contributed by atoms with Crippen molar-refractivity contribution in [3.05, 3.63) is 0 Å². The van der Waals surface area contributed by atoms with Gasteiger partial charge in [-0.1, -0.05) is 0 Å². The Morgan fingerprint density at radius 1 is 0.800 bits per heavy atom. The number of halogens is 4. The van der Waals surface area contributed by atoms with E-state index >= 15 is 0 Å². The summed E-state index contributed by atoms with van der Waals surface area (Å²) in [5, 5.41) is 0. The van der Waals surface area contributed by atoms with Gasteiger partial charge in [0.15, 0.2) is 0 Å². The van der Waals surface area contributed by atoms with E-state index in [0.29, 0.717) is 0 Å². The fourth-order valence-corrected chi connectivity index (χ4v) is 0. The van der Waals surface area contributed by atoms with Gasteiger partial charge in [0.1, 0.15) is 0 Å². The second kappa shape index (κ2) is 2.16. The fourth-order valence-electron chi connectivity index (χ4n) is 0. The molecule has 0 aromatic carbocycles. The van der Waals surface area contributed by atoms with Crippen LogP contribution >= 0.6 is 39.4 Å². The Kier molecular flexibility index (Phi) is 2.91. The molecule has 0 unspecified atom stereocenters. The van der Waals surface area contributed by atoms with E-state index in [4.69, 9.17) is 39.4 Å². The van der Waals surface area contributed by atoms with Crippen molar-refractivity contribution in [2.24, 2.45) is 0 Å². The van der Waals surface area contributed by atoms with Crippen LogP contribution in [0.5, 0.6) is 0 Å². The Bertz CT molecular complexity index is 19.1. The van der Waals surface area contributed by atoms with E-state index in [0.717, 1.165) is 0 Å². The summed E-state index contributed by atoms with van der Waals surface area (Å²) in [4.78, 5) is 0. The van der Waals surface area contributed by atoms with E-state index in [1.165, 1.54) is 0 Å². The molecule has 0 aliphatic heterocycles. The Hall–Kier alpha value is 1.74. The predicted molar refractivity (Wildman–Crippen MR) is 23.4 cm³/mol. The van der Waals surface area contributed by atoms with E-state index < -0.39 is 10.2 Å². The standard InChI is InChI=1S/4ClH.V/h4*1H;/q;;;;+3/p-4. The average molecular weight is 193 g/mol. The van der Waals surface area contributed by atoms with Crippen LogP contribution in [0.15, 0.2) is 0 Å². The first-order chi connectivity index (χ1) is 2.00. The second-order valence-electron chi connectivity index (χ2n) is 0.383. The quantitative estimate of drug-likeness (QED) is 0.554. The Morgan fingerprint density at radius 3 is 0.800 bits per heavy atom. The molecular weight excluding hydrogens is 193 g/mol. The Labute approximate surface area is 49.4 Å². The Balaban J connectivity index is 3.02. The first-order valence-electron chi connectivity index (χ1n) is 0.676. The van der Waals surface area contributed by atoms with Crippen LogP contribution in [0.1, 0.15) is 0 Å². The molecule has 0 aromatic rings. The minimum atomic E-state index is -2.99. The number of hydrogen-bond donors (Lipinski definition) is 0. The third-order valence-electron chi connectivity index (χ3n) is 0. The summed E-state index contributed by atoms with van der Waals surface area (Å²) in [5.41, 5.74) is 0. The van der Waals surface area contributed by atoms with Crippen LogP contribution in [-0.2, 0) is 10.2 Å². The molecule has 0 heterocycles. The molecule has 0 rings (SSSR count). The van der Waals surface area contributed by atoms with Gasteiger partial charge in [-0.05, 0) is 0 Å². The molecule has 0 N–H and O–H groups in total. The van der Waals surface area contributed by atoms with E-state index in [-0.39, 0.29) is 0 Å². The molecule has 0 aliphatic rings. The summed E-state index contributed by atoms with van der Waals surface area (Å²) in [5.74, 6) is 0. The first kappa shape index (κ1) is 6.74. The van der Waals surface area contributed by atoms with Crippen molar-refractivity contribution < 1.29 is 10.2 Å². The van der Waals surface area contributed by atoms with Crippen molar-refractivity contribution in [3.8, 4) is 0 Å². The van der Waals surface area contributed by atoms with Gasteiger partial charge in [0, 0.05) is 0 Å². The summed E-state index contributed by atoms with van der Waals surface area (Å²) in [6.45, 7) is 0. The van der Waals surface area contributed by atoms with E-state index in [1.54, 1.807) is 0 Å². The van der Waals surface area contributed by atoms with Crippen molar-refractivity contribution in [2.45, 2.75) is 0 Å². The monoisotopic (exact) mass is 191 g/mol. The Morgan fingerprint density at radius 2 is 0.800 bits per heavy atom. The molecule has 0 radical (unpaired) electrons. The molecule has 5 heteroatoms. The summed E-state index contributed by atoms with van der Waals surface area (Å²) >= 11 is 0. The normalized spacial score (nSPS) is 15.2. The van der Waals surface area contributed by atoms with Gasteiger partial charge in [0.2, 0.25) is 0 Å². The van der Waals surface area contributed by atoms with E-state index in [1.807, 2.05) is 0 Å². The van der Waals surface area contributed by atoms with Crippen molar-refractivity contribution in [3.63, 3.8) is 0 Å². The van der Waals surface area contributed by atoms with Gasteiger partial charge in [-0.25, -0.2) is 0 Å². The molecule has 0 fully saturated rings.